The molecule has 0 aliphatic rings. The van der Waals surface area contributed by atoms with Crippen molar-refractivity contribution in [2.45, 2.75) is 39.3 Å². The van der Waals surface area contributed by atoms with Gasteiger partial charge in [0.15, 0.2) is 5.16 Å². The van der Waals surface area contributed by atoms with Crippen molar-refractivity contribution in [1.82, 2.24) is 9.97 Å². The number of hydrogen-bond acceptors (Lipinski definition) is 8. The number of amides is 1. The maximum atomic E-state index is 12.8. The smallest absolute Gasteiger partial charge is 0.348 e. The Bertz CT molecular complexity index is 1460. The number of carbonyl (C=O) groups is 3. The maximum absolute atomic E-state index is 12.8. The van der Waals surface area contributed by atoms with Gasteiger partial charge in [-0.15, -0.1) is 11.3 Å². The molecule has 0 aliphatic heterocycles. The fraction of sp³-hybridized carbons (Fsp3) is 0.267. The lowest BCUT2D eigenvalue weighted by Gasteiger charge is -2.05. The van der Waals surface area contributed by atoms with E-state index in [0.29, 0.717) is 16.5 Å². The molecule has 2 aromatic heterocycles. The number of H-pyrrole nitrogens is 1. The van der Waals surface area contributed by atoms with E-state index in [1.165, 1.54) is 30.0 Å². The summed E-state index contributed by atoms with van der Waals surface area (Å²) in [6.07, 6.45) is 0.164. The van der Waals surface area contributed by atoms with E-state index in [1.54, 1.807) is 13.8 Å². The summed E-state index contributed by atoms with van der Waals surface area (Å²) in [7, 11) is 1.25. The van der Waals surface area contributed by atoms with Gasteiger partial charge in [-0.1, -0.05) is 71.4 Å². The van der Waals surface area contributed by atoms with Crippen LogP contribution < -0.4 is 5.32 Å². The zero-order valence-electron chi connectivity index (χ0n) is 23.0. The summed E-state index contributed by atoms with van der Waals surface area (Å²) >= 11 is 2.44. The number of anilines is 1. The van der Waals surface area contributed by atoms with Crippen LogP contribution in [0.4, 0.5) is 5.00 Å². The molecule has 40 heavy (non-hydrogen) atoms. The molecule has 2 N–H and O–H groups in total. The van der Waals surface area contributed by atoms with E-state index in [0.717, 1.165) is 33.9 Å². The van der Waals surface area contributed by atoms with Gasteiger partial charge in [-0.3, -0.25) is 4.79 Å². The van der Waals surface area contributed by atoms with Crippen molar-refractivity contribution in [2.75, 3.05) is 24.8 Å². The van der Waals surface area contributed by atoms with Gasteiger partial charge in [0.2, 0.25) is 5.91 Å². The number of nitrogens with zero attached hydrogens (tertiary/aromatic N) is 1. The second kappa shape index (κ2) is 13.0. The number of thiophene rings is 1. The second-order valence-corrected chi connectivity index (χ2v) is 11.2. The first-order chi connectivity index (χ1) is 19.2. The molecule has 4 rings (SSSR count). The minimum atomic E-state index is -0.628. The highest BCUT2D eigenvalue weighted by atomic mass is 32.2. The van der Waals surface area contributed by atoms with Gasteiger partial charge in [-0.25, -0.2) is 14.6 Å². The van der Waals surface area contributed by atoms with Gasteiger partial charge in [-0.05, 0) is 33.3 Å². The van der Waals surface area contributed by atoms with Crippen LogP contribution in [0.25, 0.3) is 22.5 Å². The van der Waals surface area contributed by atoms with Gasteiger partial charge in [0.1, 0.15) is 9.88 Å². The SMILES string of the molecule is CCOC(=O)c1sc(NC(=O)CCSc2nc(-c3ccc(C)cc3)c(-c3ccc(C)cc3)[nH]2)c(C(=O)OC)c1C. The molecule has 0 saturated heterocycles. The van der Waals surface area contributed by atoms with E-state index in [1.807, 2.05) is 13.8 Å². The molecule has 0 bridgehead atoms. The number of hydrogen-bond donors (Lipinski definition) is 2. The van der Waals surface area contributed by atoms with Crippen LogP contribution in [0.2, 0.25) is 0 Å². The van der Waals surface area contributed by atoms with Crippen molar-refractivity contribution in [1.29, 1.82) is 0 Å². The molecule has 0 aliphatic carbocycles. The van der Waals surface area contributed by atoms with Crippen LogP contribution in [0.3, 0.4) is 0 Å². The fourth-order valence-electron chi connectivity index (χ4n) is 4.04. The van der Waals surface area contributed by atoms with Gasteiger partial charge in [0.25, 0.3) is 0 Å². The fourth-order valence-corrected chi connectivity index (χ4v) is 5.96. The first-order valence-corrected chi connectivity index (χ1v) is 14.6. The number of thioether (sulfide) groups is 1. The Morgan fingerprint density at radius 2 is 1.57 bits per heavy atom. The molecule has 10 heteroatoms. The Hall–Kier alpha value is -3.89. The third kappa shape index (κ3) is 6.63. The second-order valence-electron chi connectivity index (χ2n) is 9.12. The van der Waals surface area contributed by atoms with Gasteiger partial charge in [0, 0.05) is 23.3 Å². The Morgan fingerprint density at radius 3 is 2.17 bits per heavy atom. The largest absolute Gasteiger partial charge is 0.465 e. The summed E-state index contributed by atoms with van der Waals surface area (Å²) in [6, 6.07) is 16.5. The standard InChI is InChI=1S/C30H31N3O5S2/c1-6-38-29(36)26-19(4)23(28(35)37-5)27(40-26)31-22(34)15-16-39-30-32-24(20-11-7-17(2)8-12-20)25(33-30)21-13-9-18(3)10-14-21/h7-14H,6,15-16H2,1-5H3,(H,31,34)(H,32,33). The average Bonchev–Trinajstić information content (AvgIpc) is 3.50. The van der Waals surface area contributed by atoms with E-state index in [9.17, 15) is 14.4 Å². The van der Waals surface area contributed by atoms with Crippen molar-refractivity contribution in [3.05, 3.63) is 75.7 Å². The summed E-state index contributed by atoms with van der Waals surface area (Å²) in [4.78, 5) is 46.1. The van der Waals surface area contributed by atoms with Crippen LogP contribution in [0.15, 0.2) is 53.7 Å². The molecule has 0 fully saturated rings. The number of rotatable bonds is 10. The number of ether oxygens (including phenoxy) is 2. The van der Waals surface area contributed by atoms with Crippen LogP contribution >= 0.6 is 23.1 Å². The molecule has 2 aromatic carbocycles. The normalized spacial score (nSPS) is 10.8. The topological polar surface area (TPSA) is 110 Å². The maximum Gasteiger partial charge on any atom is 0.348 e. The zero-order chi connectivity index (χ0) is 28.8. The average molecular weight is 578 g/mol. The van der Waals surface area contributed by atoms with Gasteiger partial charge < -0.3 is 19.8 Å². The minimum absolute atomic E-state index is 0.160. The van der Waals surface area contributed by atoms with Crippen LogP contribution in [0.5, 0.6) is 0 Å². The lowest BCUT2D eigenvalue weighted by molar-refractivity contribution is -0.115. The molecule has 1 amide bonds. The molecule has 4 aromatic rings. The van der Waals surface area contributed by atoms with Gasteiger partial charge >= 0.3 is 11.9 Å². The number of nitrogens with one attached hydrogen (secondary N) is 2. The minimum Gasteiger partial charge on any atom is -0.465 e. The number of aromatic amines is 1. The van der Waals surface area contributed by atoms with Gasteiger partial charge in [-0.2, -0.15) is 0 Å². The van der Waals surface area contributed by atoms with Crippen molar-refractivity contribution in [3.8, 4) is 22.5 Å². The molecule has 208 valence electrons. The molecule has 0 unspecified atom stereocenters. The lowest BCUT2D eigenvalue weighted by Crippen LogP contribution is -2.14. The molecule has 0 saturated carbocycles. The first kappa shape index (κ1) is 29.1. The number of imidazole rings is 1. The highest BCUT2D eigenvalue weighted by molar-refractivity contribution is 7.99. The van der Waals surface area contributed by atoms with Crippen molar-refractivity contribution >= 4 is 45.9 Å². The van der Waals surface area contributed by atoms with E-state index < -0.39 is 11.9 Å². The Morgan fingerprint density at radius 1 is 0.950 bits per heavy atom. The first-order valence-electron chi connectivity index (χ1n) is 12.8. The van der Waals surface area contributed by atoms with Crippen molar-refractivity contribution in [3.63, 3.8) is 0 Å². The molecule has 0 spiro atoms. The van der Waals surface area contributed by atoms with Crippen LogP contribution in [0.1, 0.15) is 50.1 Å². The molecule has 0 radical (unpaired) electrons. The van der Waals surface area contributed by atoms with Crippen LogP contribution in [0, 0.1) is 20.8 Å². The third-order valence-corrected chi connectivity index (χ3v) is 8.23. The van der Waals surface area contributed by atoms with Crippen molar-refractivity contribution in [2.24, 2.45) is 0 Å². The van der Waals surface area contributed by atoms with Crippen molar-refractivity contribution < 1.29 is 23.9 Å². The number of esters is 2. The number of carbonyl (C=O) groups excluding carboxylic acids is 3. The molecule has 8 nitrogen and oxygen atoms in total. The number of aromatic nitrogens is 2. The highest BCUT2D eigenvalue weighted by Gasteiger charge is 2.27. The van der Waals surface area contributed by atoms with E-state index in [-0.39, 0.29) is 34.4 Å². The predicted octanol–water partition coefficient (Wildman–Crippen LogP) is 6.81. The quantitative estimate of drug-likeness (QED) is 0.157. The molecule has 2 heterocycles. The molecular formula is C30H31N3O5S2. The van der Waals surface area contributed by atoms with E-state index in [4.69, 9.17) is 14.5 Å². The predicted molar refractivity (Wildman–Crippen MR) is 159 cm³/mol. The summed E-state index contributed by atoms with van der Waals surface area (Å²) in [5, 5.41) is 3.74. The Balaban J connectivity index is 1.49. The number of methoxy groups -OCH3 is 1. The molecular weight excluding hydrogens is 546 g/mol. The Labute approximate surface area is 241 Å². The summed E-state index contributed by atoms with van der Waals surface area (Å²) < 4.78 is 9.97. The van der Waals surface area contributed by atoms with E-state index in [2.05, 4.69) is 58.8 Å². The number of benzene rings is 2. The van der Waals surface area contributed by atoms with Crippen LogP contribution in [-0.2, 0) is 14.3 Å². The number of aryl methyl sites for hydroxylation is 2. The monoisotopic (exact) mass is 577 g/mol. The van der Waals surface area contributed by atoms with Gasteiger partial charge in [0.05, 0.1) is 30.7 Å². The van der Waals surface area contributed by atoms with Crippen LogP contribution in [-0.4, -0.2) is 47.3 Å². The van der Waals surface area contributed by atoms with E-state index >= 15 is 0 Å². The summed E-state index contributed by atoms with van der Waals surface area (Å²) in [5.41, 5.74) is 6.71. The summed E-state index contributed by atoms with van der Waals surface area (Å²) in [6.45, 7) is 7.63. The lowest BCUT2D eigenvalue weighted by atomic mass is 10.0. The third-order valence-electron chi connectivity index (χ3n) is 6.17. The summed E-state index contributed by atoms with van der Waals surface area (Å²) in [5.74, 6) is -1.02. The Kier molecular flexibility index (Phi) is 9.44. The zero-order valence-corrected chi connectivity index (χ0v) is 24.7. The highest BCUT2D eigenvalue weighted by Crippen LogP contribution is 2.35. The molecule has 0 atom stereocenters.